The molecule has 1 saturated heterocycles. The number of likely N-dealkylation sites (N-methyl/N-ethyl adjacent to an activating group) is 2. The van der Waals surface area contributed by atoms with Gasteiger partial charge >= 0.3 is 0 Å². The van der Waals surface area contributed by atoms with Crippen LogP contribution >= 0.6 is 0 Å². The summed E-state index contributed by atoms with van der Waals surface area (Å²) in [6, 6.07) is -2.28. The third kappa shape index (κ3) is 12.0. The minimum absolute atomic E-state index is 0.0258. The second kappa shape index (κ2) is 20.5. The van der Waals surface area contributed by atoms with Gasteiger partial charge in [0, 0.05) is 27.8 Å². The van der Waals surface area contributed by atoms with Crippen LogP contribution in [0.3, 0.4) is 0 Å². The first-order valence-corrected chi connectivity index (χ1v) is 17.7. The molecule has 4 N–H and O–H groups in total. The van der Waals surface area contributed by atoms with E-state index in [1.165, 1.54) is 14.2 Å². The molecule has 0 spiro atoms. The van der Waals surface area contributed by atoms with Crippen LogP contribution in [0.5, 0.6) is 0 Å². The van der Waals surface area contributed by atoms with Crippen molar-refractivity contribution in [3.63, 3.8) is 0 Å². The number of rotatable bonds is 20. The molecule has 0 aromatic rings. The quantitative estimate of drug-likeness (QED) is 0.143. The van der Waals surface area contributed by atoms with Crippen LogP contribution in [0.25, 0.3) is 0 Å². The van der Waals surface area contributed by atoms with Gasteiger partial charge in [-0.05, 0) is 49.5 Å². The van der Waals surface area contributed by atoms with Gasteiger partial charge in [-0.15, -0.1) is 0 Å². The van der Waals surface area contributed by atoms with Crippen molar-refractivity contribution in [1.82, 2.24) is 25.8 Å². The van der Waals surface area contributed by atoms with E-state index >= 15 is 0 Å². The van der Waals surface area contributed by atoms with Gasteiger partial charge in [-0.3, -0.25) is 19.2 Å². The molecule has 48 heavy (non-hydrogen) atoms. The Morgan fingerprint density at radius 3 is 1.98 bits per heavy atom. The molecule has 0 aliphatic carbocycles. The van der Waals surface area contributed by atoms with E-state index in [1.807, 2.05) is 55.4 Å². The number of aliphatic hydroxyl groups is 1. The minimum atomic E-state index is -0.784. The van der Waals surface area contributed by atoms with E-state index in [4.69, 9.17) is 17.3 Å². The number of amides is 4. The molecule has 0 bridgehead atoms. The number of hydrogen-bond acceptors (Lipinski definition) is 8. The van der Waals surface area contributed by atoms with Crippen molar-refractivity contribution in [2.24, 2.45) is 29.6 Å². The van der Waals surface area contributed by atoms with E-state index in [9.17, 15) is 24.3 Å². The van der Waals surface area contributed by atoms with Crippen molar-refractivity contribution in [2.75, 3.05) is 34.9 Å². The van der Waals surface area contributed by atoms with Gasteiger partial charge in [0.25, 0.3) is 0 Å². The number of carbonyl (C=O) groups excluding carboxylic acids is 4. The Balaban J connectivity index is 3.28. The standard InChI is InChI=1S/C35H66BN5O7/c1-14-22(8)31(40(11)35(46)30(21(6)7)39-34(45)29(37-10)20(4)5)26(47-12)17-28(43)41-18-24(42)16-25(41)32(48-13)23(9)33(44)38-27(36)15-19(2)3/h19-27,29-32,37,42H,14-18H2,1-13H3,(H,38,44)(H,39,45)/t22-,23+,24+,25-,26+,27-,29-,30-,31-,32+/m0/s1. The molecule has 1 aliphatic rings. The van der Waals surface area contributed by atoms with E-state index in [0.717, 1.165) is 0 Å². The lowest BCUT2D eigenvalue weighted by molar-refractivity contribution is -0.148. The van der Waals surface area contributed by atoms with Crippen LogP contribution in [0.4, 0.5) is 0 Å². The molecule has 13 heteroatoms. The summed E-state index contributed by atoms with van der Waals surface area (Å²) in [6.45, 7) is 17.6. The summed E-state index contributed by atoms with van der Waals surface area (Å²) in [4.78, 5) is 57.6. The van der Waals surface area contributed by atoms with Gasteiger partial charge < -0.3 is 40.3 Å². The average molecular weight is 680 g/mol. The van der Waals surface area contributed by atoms with Crippen LogP contribution < -0.4 is 16.0 Å². The van der Waals surface area contributed by atoms with Crippen LogP contribution in [0, 0.1) is 29.6 Å². The molecule has 0 unspecified atom stereocenters. The van der Waals surface area contributed by atoms with E-state index in [-0.39, 0.29) is 60.8 Å². The molecule has 1 aliphatic heterocycles. The molecule has 1 rings (SSSR count). The highest BCUT2D eigenvalue weighted by Crippen LogP contribution is 2.30. The van der Waals surface area contributed by atoms with Gasteiger partial charge in [-0.25, -0.2) is 0 Å². The van der Waals surface area contributed by atoms with Crippen molar-refractivity contribution in [3.05, 3.63) is 0 Å². The zero-order valence-electron chi connectivity index (χ0n) is 31.9. The lowest BCUT2D eigenvalue weighted by Gasteiger charge is -2.41. The molecule has 0 aromatic heterocycles. The van der Waals surface area contributed by atoms with Gasteiger partial charge in [0.2, 0.25) is 23.6 Å². The Morgan fingerprint density at radius 1 is 0.938 bits per heavy atom. The third-order valence-corrected chi connectivity index (χ3v) is 9.82. The number of likely N-dealkylation sites (tertiary alicyclic amines) is 1. The lowest BCUT2D eigenvalue weighted by Crippen LogP contribution is -2.59. The topological polar surface area (TPSA) is 150 Å². The van der Waals surface area contributed by atoms with E-state index in [1.54, 1.807) is 30.8 Å². The Morgan fingerprint density at radius 2 is 1.52 bits per heavy atom. The number of methoxy groups -OCH3 is 2. The van der Waals surface area contributed by atoms with Crippen molar-refractivity contribution in [2.45, 2.75) is 136 Å². The molecule has 1 fully saturated rings. The fraction of sp³-hybridized carbons (Fsp3) is 0.886. The maximum absolute atomic E-state index is 14.1. The van der Waals surface area contributed by atoms with Crippen molar-refractivity contribution in [3.8, 4) is 0 Å². The van der Waals surface area contributed by atoms with Crippen LogP contribution in [-0.2, 0) is 28.7 Å². The lowest BCUT2D eigenvalue weighted by atomic mass is 9.86. The highest BCUT2D eigenvalue weighted by Gasteiger charge is 2.45. The first-order valence-electron chi connectivity index (χ1n) is 17.7. The first kappa shape index (κ1) is 43.8. The average Bonchev–Trinajstić information content (AvgIpc) is 3.39. The first-order chi connectivity index (χ1) is 22.4. The number of carbonyl (C=O) groups is 4. The van der Waals surface area contributed by atoms with Crippen LogP contribution in [0.15, 0.2) is 0 Å². The summed E-state index contributed by atoms with van der Waals surface area (Å²) < 4.78 is 11.7. The number of aliphatic hydroxyl groups excluding tert-OH is 1. The maximum atomic E-state index is 14.1. The van der Waals surface area contributed by atoms with Crippen LogP contribution in [0.1, 0.15) is 88.0 Å². The second-order valence-corrected chi connectivity index (χ2v) is 14.8. The Hall–Kier alpha value is -2.22. The van der Waals surface area contributed by atoms with E-state index < -0.39 is 54.3 Å². The molecule has 276 valence electrons. The smallest absolute Gasteiger partial charge is 0.245 e. The fourth-order valence-electron chi connectivity index (χ4n) is 6.93. The molecular weight excluding hydrogens is 613 g/mol. The summed E-state index contributed by atoms with van der Waals surface area (Å²) in [5, 5.41) is 19.5. The van der Waals surface area contributed by atoms with Crippen molar-refractivity contribution >= 4 is 31.5 Å². The fourth-order valence-corrected chi connectivity index (χ4v) is 6.93. The molecule has 2 radical (unpaired) electrons. The number of nitrogens with one attached hydrogen (secondary N) is 3. The minimum Gasteiger partial charge on any atom is -0.391 e. The summed E-state index contributed by atoms with van der Waals surface area (Å²) in [6.07, 6.45) is -0.620. The van der Waals surface area contributed by atoms with Gasteiger partial charge in [-0.1, -0.05) is 68.7 Å². The number of hydrogen-bond donors (Lipinski definition) is 4. The molecular formula is C35H66BN5O7. The Kier molecular flexibility index (Phi) is 18.7. The molecule has 4 amide bonds. The van der Waals surface area contributed by atoms with E-state index in [2.05, 4.69) is 16.0 Å². The highest BCUT2D eigenvalue weighted by molar-refractivity contribution is 6.13. The predicted molar refractivity (Wildman–Crippen MR) is 189 cm³/mol. The van der Waals surface area contributed by atoms with Gasteiger partial charge in [-0.2, -0.15) is 0 Å². The van der Waals surface area contributed by atoms with Crippen LogP contribution in [-0.4, -0.2) is 130 Å². The third-order valence-electron chi connectivity index (χ3n) is 9.82. The van der Waals surface area contributed by atoms with Crippen molar-refractivity contribution < 1.29 is 33.8 Å². The van der Waals surface area contributed by atoms with Crippen LogP contribution in [0.2, 0.25) is 0 Å². The summed E-state index contributed by atoms with van der Waals surface area (Å²) in [5.74, 6) is -2.12. The number of ether oxygens (including phenoxy) is 2. The Labute approximate surface area is 291 Å². The number of nitrogens with zero attached hydrogens (tertiary/aromatic N) is 2. The monoisotopic (exact) mass is 680 g/mol. The summed E-state index contributed by atoms with van der Waals surface area (Å²) in [7, 11) is 12.6. The van der Waals surface area contributed by atoms with E-state index in [0.29, 0.717) is 18.8 Å². The van der Waals surface area contributed by atoms with Gasteiger partial charge in [0.1, 0.15) is 6.04 Å². The zero-order chi connectivity index (χ0) is 37.0. The molecule has 0 aromatic carbocycles. The van der Waals surface area contributed by atoms with Crippen molar-refractivity contribution in [1.29, 1.82) is 0 Å². The SMILES string of the molecule is [B][C@H](CC(C)C)NC(=O)[C@H](C)[C@@H](OC)[C@@H]1C[C@@H](O)CN1C(=O)C[C@@H](OC)[C@H]([C@@H](C)CC)N(C)C(=O)[C@@H](NC(=O)[C@@H](NC)C(C)C)C(C)C. The van der Waals surface area contributed by atoms with Gasteiger partial charge in [0.15, 0.2) is 0 Å². The molecule has 1 heterocycles. The second-order valence-electron chi connectivity index (χ2n) is 14.8. The highest BCUT2D eigenvalue weighted by atomic mass is 16.5. The maximum Gasteiger partial charge on any atom is 0.245 e. The molecule has 0 saturated carbocycles. The molecule has 10 atom stereocenters. The normalized spacial score (nSPS) is 21.7. The largest absolute Gasteiger partial charge is 0.391 e. The molecule has 12 nitrogen and oxygen atoms in total. The van der Waals surface area contributed by atoms with Gasteiger partial charge in [0.05, 0.1) is 56.6 Å². The Bertz CT molecular complexity index is 1030. The summed E-state index contributed by atoms with van der Waals surface area (Å²) in [5.41, 5.74) is 0. The number of β-amino-alcohol motifs (C(OH)–C–C–N with tert-alkyl or cyclic N) is 1. The predicted octanol–water partition coefficient (Wildman–Crippen LogP) is 1.92. The zero-order valence-corrected chi connectivity index (χ0v) is 31.9. The summed E-state index contributed by atoms with van der Waals surface area (Å²) >= 11 is 0.